The van der Waals surface area contributed by atoms with E-state index in [0.29, 0.717) is 30.0 Å². The van der Waals surface area contributed by atoms with E-state index in [2.05, 4.69) is 5.32 Å². The van der Waals surface area contributed by atoms with Gasteiger partial charge < -0.3 is 15.0 Å². The summed E-state index contributed by atoms with van der Waals surface area (Å²) in [5, 5.41) is 2.66. The summed E-state index contributed by atoms with van der Waals surface area (Å²) in [6.45, 7) is 0.501. The van der Waals surface area contributed by atoms with E-state index in [0.717, 1.165) is 0 Å². The van der Waals surface area contributed by atoms with Crippen molar-refractivity contribution in [1.29, 1.82) is 0 Å². The molecule has 1 saturated heterocycles. The Morgan fingerprint density at radius 1 is 1.24 bits per heavy atom. The van der Waals surface area contributed by atoms with E-state index in [1.165, 1.54) is 13.2 Å². The van der Waals surface area contributed by atoms with Crippen LogP contribution in [0.4, 0.5) is 10.1 Å². The van der Waals surface area contributed by atoms with Gasteiger partial charge in [-0.15, -0.1) is 0 Å². The molecule has 0 bridgehead atoms. The summed E-state index contributed by atoms with van der Waals surface area (Å²) in [4.78, 5) is 26.6. The molecule has 0 spiro atoms. The van der Waals surface area contributed by atoms with Crippen LogP contribution in [0.1, 0.15) is 12.0 Å². The van der Waals surface area contributed by atoms with Gasteiger partial charge in [-0.1, -0.05) is 30.3 Å². The average Bonchev–Trinajstić information content (AvgIpc) is 3.02. The number of nitrogens with zero attached hydrogens (tertiary/aromatic N) is 1. The highest BCUT2D eigenvalue weighted by molar-refractivity contribution is 6.10. The van der Waals surface area contributed by atoms with Gasteiger partial charge in [-0.05, 0) is 24.6 Å². The lowest BCUT2D eigenvalue weighted by Gasteiger charge is -2.19. The third-order valence-electron chi connectivity index (χ3n) is 4.31. The number of ether oxygens (including phenoxy) is 1. The van der Waals surface area contributed by atoms with Crippen molar-refractivity contribution in [3.05, 3.63) is 59.9 Å². The molecule has 1 atom stereocenters. The van der Waals surface area contributed by atoms with E-state index < -0.39 is 5.92 Å². The van der Waals surface area contributed by atoms with E-state index in [4.69, 9.17) is 4.74 Å². The molecule has 0 saturated carbocycles. The predicted molar refractivity (Wildman–Crippen MR) is 91.7 cm³/mol. The molecule has 2 aromatic rings. The first kappa shape index (κ1) is 17.0. The molecule has 5 nitrogen and oxygen atoms in total. The molecule has 130 valence electrons. The molecule has 2 aromatic carbocycles. The Hall–Kier alpha value is -2.89. The van der Waals surface area contributed by atoms with E-state index in [1.807, 2.05) is 12.1 Å². The standard InChI is InChI=1S/C19H19FN2O3/c1-25-17-9-5-4-8-16(17)22-11-10-14(19(22)24)18(23)21-12-13-6-2-3-7-15(13)20/h2-9,14H,10-12H2,1H3,(H,21,23). The molecular weight excluding hydrogens is 323 g/mol. The summed E-state index contributed by atoms with van der Waals surface area (Å²) in [6, 6.07) is 13.4. The molecule has 3 rings (SSSR count). The molecular formula is C19H19FN2O3. The minimum atomic E-state index is -0.767. The highest BCUT2D eigenvalue weighted by atomic mass is 19.1. The summed E-state index contributed by atoms with van der Waals surface area (Å²) >= 11 is 0. The van der Waals surface area contributed by atoms with E-state index >= 15 is 0 Å². The maximum Gasteiger partial charge on any atom is 0.239 e. The number of halogens is 1. The molecule has 1 heterocycles. The van der Waals surface area contributed by atoms with Crippen molar-refractivity contribution >= 4 is 17.5 Å². The molecule has 0 aliphatic carbocycles. The largest absolute Gasteiger partial charge is 0.495 e. The third-order valence-corrected chi connectivity index (χ3v) is 4.31. The zero-order valence-corrected chi connectivity index (χ0v) is 13.9. The van der Waals surface area contributed by atoms with Gasteiger partial charge in [0.05, 0.1) is 12.8 Å². The predicted octanol–water partition coefficient (Wildman–Crippen LogP) is 2.50. The van der Waals surface area contributed by atoms with Gasteiger partial charge in [0.2, 0.25) is 11.8 Å². The van der Waals surface area contributed by atoms with Crippen LogP contribution >= 0.6 is 0 Å². The smallest absolute Gasteiger partial charge is 0.239 e. The maximum absolute atomic E-state index is 13.6. The van der Waals surface area contributed by atoms with Gasteiger partial charge in [-0.2, -0.15) is 0 Å². The lowest BCUT2D eigenvalue weighted by atomic mass is 10.1. The number of anilines is 1. The first-order valence-corrected chi connectivity index (χ1v) is 8.07. The number of benzene rings is 2. The number of methoxy groups -OCH3 is 1. The van der Waals surface area contributed by atoms with Crippen molar-refractivity contribution in [2.24, 2.45) is 5.92 Å². The van der Waals surface area contributed by atoms with Crippen LogP contribution in [0.3, 0.4) is 0 Å². The second-order valence-electron chi connectivity index (χ2n) is 5.81. The fraction of sp³-hybridized carbons (Fsp3) is 0.263. The van der Waals surface area contributed by atoms with E-state index in [9.17, 15) is 14.0 Å². The van der Waals surface area contributed by atoms with Crippen LogP contribution < -0.4 is 15.0 Å². The van der Waals surface area contributed by atoms with Gasteiger partial charge in [0.1, 0.15) is 17.5 Å². The molecule has 0 aromatic heterocycles. The zero-order chi connectivity index (χ0) is 17.8. The molecule has 1 aliphatic heterocycles. The molecule has 1 aliphatic rings. The Balaban J connectivity index is 1.67. The second kappa shape index (κ2) is 7.34. The molecule has 0 radical (unpaired) electrons. The Kier molecular flexibility index (Phi) is 4.97. The van der Waals surface area contributed by atoms with Crippen LogP contribution in [0, 0.1) is 11.7 Å². The Labute approximate surface area is 145 Å². The normalized spacial score (nSPS) is 16.8. The number of carbonyl (C=O) groups excluding carboxylic acids is 2. The molecule has 25 heavy (non-hydrogen) atoms. The van der Waals surface area contributed by atoms with Crippen molar-refractivity contribution in [2.75, 3.05) is 18.6 Å². The van der Waals surface area contributed by atoms with Crippen LogP contribution in [-0.4, -0.2) is 25.5 Å². The molecule has 6 heteroatoms. The molecule has 2 amide bonds. The highest BCUT2D eigenvalue weighted by Gasteiger charge is 2.38. The summed E-state index contributed by atoms with van der Waals surface area (Å²) in [5.74, 6) is -1.21. The van der Waals surface area contributed by atoms with Crippen molar-refractivity contribution in [2.45, 2.75) is 13.0 Å². The van der Waals surface area contributed by atoms with Crippen molar-refractivity contribution in [1.82, 2.24) is 5.32 Å². The highest BCUT2D eigenvalue weighted by Crippen LogP contribution is 2.32. The fourth-order valence-electron chi connectivity index (χ4n) is 2.96. The Morgan fingerprint density at radius 3 is 2.72 bits per heavy atom. The quantitative estimate of drug-likeness (QED) is 0.850. The number of carbonyl (C=O) groups is 2. The Bertz CT molecular complexity index is 794. The summed E-state index contributed by atoms with van der Waals surface area (Å²) in [6.07, 6.45) is 0.417. The number of nitrogens with one attached hydrogen (secondary N) is 1. The molecule has 1 N–H and O–H groups in total. The number of rotatable bonds is 5. The third kappa shape index (κ3) is 3.47. The zero-order valence-electron chi connectivity index (χ0n) is 13.9. The van der Waals surface area contributed by atoms with Gasteiger partial charge >= 0.3 is 0 Å². The number of amides is 2. The SMILES string of the molecule is COc1ccccc1N1CCC(C(=O)NCc2ccccc2F)C1=O. The number of para-hydroxylation sites is 2. The fourth-order valence-corrected chi connectivity index (χ4v) is 2.96. The monoisotopic (exact) mass is 342 g/mol. The van der Waals surface area contributed by atoms with Crippen molar-refractivity contribution in [3.8, 4) is 5.75 Å². The van der Waals surface area contributed by atoms with Gasteiger partial charge in [0, 0.05) is 18.7 Å². The Morgan fingerprint density at radius 2 is 1.96 bits per heavy atom. The topological polar surface area (TPSA) is 58.6 Å². The van der Waals surface area contributed by atoms with Crippen molar-refractivity contribution in [3.63, 3.8) is 0 Å². The molecule has 1 fully saturated rings. The lowest BCUT2D eigenvalue weighted by Crippen LogP contribution is -2.36. The number of hydrogen-bond acceptors (Lipinski definition) is 3. The summed E-state index contributed by atoms with van der Waals surface area (Å²) < 4.78 is 18.9. The van der Waals surface area contributed by atoms with E-state index in [-0.39, 0.29) is 24.2 Å². The summed E-state index contributed by atoms with van der Waals surface area (Å²) in [5.41, 5.74) is 1.04. The van der Waals surface area contributed by atoms with Crippen LogP contribution in [-0.2, 0) is 16.1 Å². The average molecular weight is 342 g/mol. The summed E-state index contributed by atoms with van der Waals surface area (Å²) in [7, 11) is 1.54. The number of hydrogen-bond donors (Lipinski definition) is 1. The van der Waals surface area contributed by atoms with Gasteiger partial charge in [-0.3, -0.25) is 9.59 Å². The first-order chi connectivity index (χ1) is 12.1. The van der Waals surface area contributed by atoms with Crippen molar-refractivity contribution < 1.29 is 18.7 Å². The van der Waals surface area contributed by atoms with E-state index in [1.54, 1.807) is 35.2 Å². The van der Waals surface area contributed by atoms with Gasteiger partial charge in [0.15, 0.2) is 0 Å². The van der Waals surface area contributed by atoms with Crippen LogP contribution in [0.5, 0.6) is 5.75 Å². The minimum Gasteiger partial charge on any atom is -0.495 e. The first-order valence-electron chi connectivity index (χ1n) is 8.07. The lowest BCUT2D eigenvalue weighted by molar-refractivity contribution is -0.132. The van der Waals surface area contributed by atoms with Crippen LogP contribution in [0.25, 0.3) is 0 Å². The minimum absolute atomic E-state index is 0.0595. The second-order valence-corrected chi connectivity index (χ2v) is 5.81. The van der Waals surface area contributed by atoms with Crippen LogP contribution in [0.15, 0.2) is 48.5 Å². The van der Waals surface area contributed by atoms with Gasteiger partial charge in [0.25, 0.3) is 0 Å². The van der Waals surface area contributed by atoms with Crippen LogP contribution in [0.2, 0.25) is 0 Å². The van der Waals surface area contributed by atoms with Gasteiger partial charge in [-0.25, -0.2) is 4.39 Å². The maximum atomic E-state index is 13.6. The molecule has 1 unspecified atom stereocenters.